The lowest BCUT2D eigenvalue weighted by atomic mass is 10.1. The number of amides is 2. The van der Waals surface area contributed by atoms with Crippen LogP contribution in [-0.2, 0) is 22.6 Å². The maximum atomic E-state index is 13.0. The molecule has 1 fully saturated rings. The summed E-state index contributed by atoms with van der Waals surface area (Å²) < 4.78 is 2.14. The van der Waals surface area contributed by atoms with Crippen molar-refractivity contribution in [1.82, 2.24) is 19.7 Å². The number of carbonyl (C=O) groups is 2. The molecule has 1 N–H and O–H groups in total. The van der Waals surface area contributed by atoms with E-state index in [4.69, 9.17) is 0 Å². The van der Waals surface area contributed by atoms with Crippen LogP contribution < -0.4 is 5.32 Å². The van der Waals surface area contributed by atoms with E-state index in [-0.39, 0.29) is 23.8 Å². The van der Waals surface area contributed by atoms with Crippen LogP contribution in [0.4, 0.5) is 5.69 Å². The molecule has 2 heterocycles. The van der Waals surface area contributed by atoms with E-state index in [1.165, 1.54) is 0 Å². The first-order valence-corrected chi connectivity index (χ1v) is 10.8. The first-order valence-electron chi connectivity index (χ1n) is 10.8. The zero-order valence-corrected chi connectivity index (χ0v) is 17.5. The highest BCUT2D eigenvalue weighted by atomic mass is 16.2. The summed E-state index contributed by atoms with van der Waals surface area (Å²) in [6.45, 7) is 3.17. The van der Waals surface area contributed by atoms with Crippen molar-refractivity contribution < 1.29 is 9.59 Å². The van der Waals surface area contributed by atoms with E-state index in [0.717, 1.165) is 41.3 Å². The first-order chi connectivity index (χ1) is 15.1. The summed E-state index contributed by atoms with van der Waals surface area (Å²) in [6, 6.07) is 17.7. The fourth-order valence-electron chi connectivity index (χ4n) is 4.09. The van der Waals surface area contributed by atoms with Crippen molar-refractivity contribution in [3.05, 3.63) is 66.0 Å². The summed E-state index contributed by atoms with van der Waals surface area (Å²) in [5.41, 5.74) is 2.74. The molecule has 7 nitrogen and oxygen atoms in total. The highest BCUT2D eigenvalue weighted by Gasteiger charge is 2.30. The molecule has 0 saturated heterocycles. The normalized spacial score (nSPS) is 17.8. The second kappa shape index (κ2) is 7.98. The van der Waals surface area contributed by atoms with Crippen molar-refractivity contribution >= 4 is 17.5 Å². The Morgan fingerprint density at radius 3 is 2.48 bits per heavy atom. The fraction of sp³-hybridized carbons (Fsp3) is 0.333. The van der Waals surface area contributed by atoms with Crippen molar-refractivity contribution in [2.24, 2.45) is 5.92 Å². The maximum Gasteiger partial charge on any atom is 0.227 e. The van der Waals surface area contributed by atoms with Crippen molar-refractivity contribution in [1.29, 1.82) is 0 Å². The molecule has 1 aliphatic heterocycles. The first kappa shape index (κ1) is 19.5. The minimum Gasteiger partial charge on any atom is -0.333 e. The molecule has 1 saturated carbocycles. The van der Waals surface area contributed by atoms with E-state index in [9.17, 15) is 9.59 Å². The number of hydrogen-bond donors (Lipinski definition) is 1. The fourth-order valence-corrected chi connectivity index (χ4v) is 4.09. The van der Waals surface area contributed by atoms with Crippen molar-refractivity contribution in [2.45, 2.75) is 38.8 Å². The zero-order valence-electron chi connectivity index (χ0n) is 17.5. The zero-order chi connectivity index (χ0) is 21.4. The van der Waals surface area contributed by atoms with Gasteiger partial charge in [0.05, 0.1) is 19.0 Å². The average molecular weight is 415 g/mol. The highest BCUT2D eigenvalue weighted by molar-refractivity contribution is 5.94. The van der Waals surface area contributed by atoms with Gasteiger partial charge in [-0.1, -0.05) is 42.5 Å². The minimum absolute atomic E-state index is 0.0668. The van der Waals surface area contributed by atoms with E-state index in [2.05, 4.69) is 27.0 Å². The summed E-state index contributed by atoms with van der Waals surface area (Å²) in [6.07, 6.45) is 2.28. The van der Waals surface area contributed by atoms with Crippen LogP contribution in [0.25, 0.3) is 11.4 Å². The third kappa shape index (κ3) is 4.08. The Kier molecular flexibility index (Phi) is 5.02. The summed E-state index contributed by atoms with van der Waals surface area (Å²) in [4.78, 5) is 26.7. The lowest BCUT2D eigenvalue weighted by molar-refractivity contribution is -0.132. The molecule has 1 aliphatic carbocycles. The molecule has 1 aromatic heterocycles. The van der Waals surface area contributed by atoms with Gasteiger partial charge in [0, 0.05) is 23.7 Å². The van der Waals surface area contributed by atoms with E-state index in [0.29, 0.717) is 19.5 Å². The number of fused-ring (bicyclic) bond motifs is 1. The number of nitrogens with zero attached hydrogens (tertiary/aromatic N) is 4. The van der Waals surface area contributed by atoms with Crippen molar-refractivity contribution in [3.63, 3.8) is 0 Å². The third-order valence-corrected chi connectivity index (χ3v) is 5.93. The molecule has 0 unspecified atom stereocenters. The molecule has 31 heavy (non-hydrogen) atoms. The number of hydrogen-bond acceptors (Lipinski definition) is 4. The number of benzene rings is 2. The highest BCUT2D eigenvalue weighted by Crippen LogP contribution is 2.30. The summed E-state index contributed by atoms with van der Waals surface area (Å²) >= 11 is 0. The topological polar surface area (TPSA) is 80.1 Å². The number of carbonyl (C=O) groups excluding carboxylic acids is 2. The number of anilines is 1. The van der Waals surface area contributed by atoms with Gasteiger partial charge in [0.2, 0.25) is 11.8 Å². The summed E-state index contributed by atoms with van der Waals surface area (Å²) in [5.74, 6) is 1.98. The lowest BCUT2D eigenvalue weighted by Crippen LogP contribution is -2.41. The molecule has 5 rings (SSSR count). The van der Waals surface area contributed by atoms with Crippen LogP contribution in [0, 0.1) is 5.92 Å². The Balaban J connectivity index is 1.25. The van der Waals surface area contributed by atoms with E-state index >= 15 is 0 Å². The quantitative estimate of drug-likeness (QED) is 0.692. The van der Waals surface area contributed by atoms with Crippen LogP contribution in [0.5, 0.6) is 0 Å². The second-order valence-corrected chi connectivity index (χ2v) is 8.44. The Hall–Kier alpha value is -3.48. The molecular formula is C24H25N5O2. The molecule has 2 amide bonds. The lowest BCUT2D eigenvalue weighted by Gasteiger charge is -2.32. The number of aromatic nitrogens is 3. The van der Waals surface area contributed by atoms with Crippen LogP contribution >= 0.6 is 0 Å². The molecule has 158 valence electrons. The van der Waals surface area contributed by atoms with Gasteiger partial charge >= 0.3 is 0 Å². The monoisotopic (exact) mass is 415 g/mol. The van der Waals surface area contributed by atoms with Crippen LogP contribution in [-0.4, -0.2) is 38.0 Å². The van der Waals surface area contributed by atoms with Crippen LogP contribution in [0.3, 0.4) is 0 Å². The Labute approximate surface area is 181 Å². The standard InChI is InChI=1S/C24H25N5O2/c1-16-14-28(15-21-26-27-23(29(16)21)18-5-3-2-4-6-18)22(30)13-17-7-11-20(12-8-17)25-24(31)19-9-10-19/h2-8,11-12,16,19H,9-10,13-15H2,1H3,(H,25,31)/t16-/m0/s1. The van der Waals surface area contributed by atoms with Crippen LogP contribution in [0.15, 0.2) is 54.6 Å². The predicted molar refractivity (Wildman–Crippen MR) is 117 cm³/mol. The van der Waals surface area contributed by atoms with E-state index in [1.807, 2.05) is 59.5 Å². The summed E-state index contributed by atoms with van der Waals surface area (Å²) in [7, 11) is 0. The smallest absolute Gasteiger partial charge is 0.227 e. The van der Waals surface area contributed by atoms with Gasteiger partial charge in [-0.3, -0.25) is 9.59 Å². The van der Waals surface area contributed by atoms with Crippen LogP contribution in [0.1, 0.15) is 37.2 Å². The average Bonchev–Trinajstić information content (AvgIpc) is 3.55. The van der Waals surface area contributed by atoms with E-state index < -0.39 is 0 Å². The van der Waals surface area contributed by atoms with Crippen LogP contribution in [0.2, 0.25) is 0 Å². The van der Waals surface area contributed by atoms with Gasteiger partial charge in [0.15, 0.2) is 11.6 Å². The Bertz CT molecular complexity index is 1100. The second-order valence-electron chi connectivity index (χ2n) is 8.44. The molecular weight excluding hydrogens is 390 g/mol. The molecule has 0 radical (unpaired) electrons. The Morgan fingerprint density at radius 2 is 1.77 bits per heavy atom. The van der Waals surface area contributed by atoms with Gasteiger partial charge < -0.3 is 14.8 Å². The number of nitrogens with one attached hydrogen (secondary N) is 1. The molecule has 2 aliphatic rings. The van der Waals surface area contributed by atoms with E-state index in [1.54, 1.807) is 0 Å². The largest absolute Gasteiger partial charge is 0.333 e. The van der Waals surface area contributed by atoms with Crippen molar-refractivity contribution in [3.8, 4) is 11.4 Å². The van der Waals surface area contributed by atoms with Gasteiger partial charge in [-0.15, -0.1) is 10.2 Å². The van der Waals surface area contributed by atoms with Gasteiger partial charge in [-0.2, -0.15) is 0 Å². The Morgan fingerprint density at radius 1 is 1.03 bits per heavy atom. The third-order valence-electron chi connectivity index (χ3n) is 5.93. The minimum atomic E-state index is 0.0668. The predicted octanol–water partition coefficient (Wildman–Crippen LogP) is 3.44. The molecule has 3 aromatic rings. The van der Waals surface area contributed by atoms with Gasteiger partial charge in [-0.25, -0.2) is 0 Å². The molecule has 1 atom stereocenters. The van der Waals surface area contributed by atoms with Gasteiger partial charge in [-0.05, 0) is 37.5 Å². The summed E-state index contributed by atoms with van der Waals surface area (Å²) in [5, 5.41) is 11.7. The van der Waals surface area contributed by atoms with Crippen molar-refractivity contribution in [2.75, 3.05) is 11.9 Å². The molecule has 0 bridgehead atoms. The molecule has 2 aromatic carbocycles. The van der Waals surface area contributed by atoms with Gasteiger partial charge in [0.1, 0.15) is 0 Å². The number of rotatable bonds is 5. The maximum absolute atomic E-state index is 13.0. The molecule has 7 heteroatoms. The van der Waals surface area contributed by atoms with Gasteiger partial charge in [0.25, 0.3) is 0 Å². The molecule has 0 spiro atoms. The SMILES string of the molecule is C[C@H]1CN(C(=O)Cc2ccc(NC(=O)C3CC3)cc2)Cc2nnc(-c3ccccc3)n21.